The topological polar surface area (TPSA) is 58.6 Å². The maximum atomic E-state index is 12.6. The van der Waals surface area contributed by atoms with Crippen LogP contribution in [0.25, 0.3) is 0 Å². The first kappa shape index (κ1) is 18.9. The van der Waals surface area contributed by atoms with Gasteiger partial charge in [0.25, 0.3) is 0 Å². The molecule has 0 spiro atoms. The van der Waals surface area contributed by atoms with E-state index < -0.39 is 0 Å². The van der Waals surface area contributed by atoms with Crippen molar-refractivity contribution in [2.75, 3.05) is 31.1 Å². The second-order valence-electron chi connectivity index (χ2n) is 7.06. The van der Waals surface area contributed by atoms with Gasteiger partial charge in [-0.05, 0) is 24.6 Å². The third-order valence-electron chi connectivity index (χ3n) is 4.92. The molecule has 0 N–H and O–H groups in total. The molecule has 0 atom stereocenters. The van der Waals surface area contributed by atoms with Crippen molar-refractivity contribution in [2.24, 2.45) is 0 Å². The number of amides is 1. The molecule has 0 unspecified atom stereocenters. The van der Waals surface area contributed by atoms with Gasteiger partial charge in [-0.3, -0.25) is 4.79 Å². The van der Waals surface area contributed by atoms with E-state index in [1.807, 2.05) is 78.6 Å². The average Bonchev–Trinajstić information content (AvgIpc) is 2.75. The van der Waals surface area contributed by atoms with Crippen LogP contribution >= 0.6 is 0 Å². The van der Waals surface area contributed by atoms with E-state index >= 15 is 0 Å². The van der Waals surface area contributed by atoms with Crippen molar-refractivity contribution in [1.82, 2.24) is 14.9 Å². The van der Waals surface area contributed by atoms with Crippen molar-refractivity contribution < 1.29 is 9.53 Å². The van der Waals surface area contributed by atoms with Gasteiger partial charge >= 0.3 is 0 Å². The largest absolute Gasteiger partial charge is 0.439 e. The van der Waals surface area contributed by atoms with E-state index in [0.29, 0.717) is 31.2 Å². The summed E-state index contributed by atoms with van der Waals surface area (Å²) in [5.74, 6) is 2.94. The summed E-state index contributed by atoms with van der Waals surface area (Å²) < 4.78 is 5.87. The molecule has 2 aromatic carbocycles. The third kappa shape index (κ3) is 4.90. The number of carbonyl (C=O) groups excluding carboxylic acids is 1. The zero-order valence-corrected chi connectivity index (χ0v) is 16.5. The predicted molar refractivity (Wildman–Crippen MR) is 112 cm³/mol. The molecule has 148 valence electrons. The highest BCUT2D eigenvalue weighted by Crippen LogP contribution is 2.24. The van der Waals surface area contributed by atoms with Gasteiger partial charge in [0.2, 0.25) is 11.8 Å². The Balaban J connectivity index is 1.38. The number of nitrogens with zero attached hydrogens (tertiary/aromatic N) is 4. The molecular formula is C23H24N4O2. The van der Waals surface area contributed by atoms with E-state index in [4.69, 9.17) is 4.74 Å². The molecule has 0 radical (unpaired) electrons. The number of aryl methyl sites for hydroxylation is 1. The van der Waals surface area contributed by atoms with E-state index in [1.54, 1.807) is 0 Å². The van der Waals surface area contributed by atoms with Gasteiger partial charge in [0, 0.05) is 32.2 Å². The van der Waals surface area contributed by atoms with Crippen LogP contribution in [0.3, 0.4) is 0 Å². The maximum Gasteiger partial charge on any atom is 0.227 e. The minimum Gasteiger partial charge on any atom is -0.439 e. The molecule has 0 saturated carbocycles. The number of piperazine rings is 1. The van der Waals surface area contributed by atoms with Gasteiger partial charge in [-0.2, -0.15) is 4.98 Å². The molecule has 0 bridgehead atoms. The summed E-state index contributed by atoms with van der Waals surface area (Å²) in [6, 6.07) is 21.3. The van der Waals surface area contributed by atoms with Crippen LogP contribution in [-0.2, 0) is 11.2 Å². The van der Waals surface area contributed by atoms with Crippen molar-refractivity contribution in [3.05, 3.63) is 78.1 Å². The van der Waals surface area contributed by atoms with Crippen LogP contribution in [0.1, 0.15) is 11.4 Å². The lowest BCUT2D eigenvalue weighted by Crippen LogP contribution is -2.49. The van der Waals surface area contributed by atoms with E-state index in [2.05, 4.69) is 14.9 Å². The lowest BCUT2D eigenvalue weighted by atomic mass is 10.1. The Bertz CT molecular complexity index is 955. The minimum absolute atomic E-state index is 0.169. The van der Waals surface area contributed by atoms with Gasteiger partial charge in [0.1, 0.15) is 17.4 Å². The highest BCUT2D eigenvalue weighted by molar-refractivity contribution is 5.79. The number of rotatable bonds is 5. The average molecular weight is 388 g/mol. The van der Waals surface area contributed by atoms with Gasteiger partial charge in [-0.1, -0.05) is 48.5 Å². The summed E-state index contributed by atoms with van der Waals surface area (Å²) in [6.07, 6.45) is 0.447. The molecule has 6 nitrogen and oxygen atoms in total. The van der Waals surface area contributed by atoms with Crippen LogP contribution in [0, 0.1) is 6.92 Å². The minimum atomic E-state index is 0.169. The lowest BCUT2D eigenvalue weighted by molar-refractivity contribution is -0.130. The lowest BCUT2D eigenvalue weighted by Gasteiger charge is -2.35. The van der Waals surface area contributed by atoms with Gasteiger partial charge < -0.3 is 14.5 Å². The normalized spacial score (nSPS) is 14.0. The van der Waals surface area contributed by atoms with Crippen molar-refractivity contribution in [3.8, 4) is 11.6 Å². The first-order valence-corrected chi connectivity index (χ1v) is 9.82. The van der Waals surface area contributed by atoms with Gasteiger partial charge in [0.05, 0.1) is 6.42 Å². The van der Waals surface area contributed by atoms with E-state index in [0.717, 1.165) is 30.2 Å². The molecular weight excluding hydrogens is 364 g/mol. The van der Waals surface area contributed by atoms with E-state index in [-0.39, 0.29) is 5.91 Å². The van der Waals surface area contributed by atoms with Crippen LogP contribution in [0.15, 0.2) is 66.7 Å². The van der Waals surface area contributed by atoms with Crippen LogP contribution in [0.4, 0.5) is 5.82 Å². The molecule has 1 aromatic heterocycles. The summed E-state index contributed by atoms with van der Waals surface area (Å²) in [7, 11) is 0. The summed E-state index contributed by atoms with van der Waals surface area (Å²) in [5.41, 5.74) is 1.05. The zero-order chi connectivity index (χ0) is 20.1. The van der Waals surface area contributed by atoms with Crippen molar-refractivity contribution >= 4 is 11.7 Å². The molecule has 2 heterocycles. The first-order chi connectivity index (χ1) is 14.2. The number of hydrogen-bond donors (Lipinski definition) is 0. The zero-order valence-electron chi connectivity index (χ0n) is 16.5. The molecule has 6 heteroatoms. The Morgan fingerprint density at radius 2 is 1.59 bits per heavy atom. The fraction of sp³-hybridized carbons (Fsp3) is 0.261. The monoisotopic (exact) mass is 388 g/mol. The van der Waals surface area contributed by atoms with E-state index in [9.17, 15) is 4.79 Å². The highest BCUT2D eigenvalue weighted by Gasteiger charge is 2.22. The molecule has 1 saturated heterocycles. The third-order valence-corrected chi connectivity index (χ3v) is 4.92. The Hall–Kier alpha value is -3.41. The molecule has 1 aliphatic heterocycles. The van der Waals surface area contributed by atoms with Crippen LogP contribution in [0.5, 0.6) is 11.6 Å². The maximum absolute atomic E-state index is 12.6. The summed E-state index contributed by atoms with van der Waals surface area (Å²) in [4.78, 5) is 25.7. The Morgan fingerprint density at radius 3 is 2.28 bits per heavy atom. The number of benzene rings is 2. The van der Waals surface area contributed by atoms with Crippen molar-refractivity contribution in [2.45, 2.75) is 13.3 Å². The van der Waals surface area contributed by atoms with Gasteiger partial charge in [0.15, 0.2) is 0 Å². The van der Waals surface area contributed by atoms with Crippen LogP contribution < -0.4 is 9.64 Å². The number of carbonyl (C=O) groups is 1. The second-order valence-corrected chi connectivity index (χ2v) is 7.06. The van der Waals surface area contributed by atoms with E-state index in [1.165, 1.54) is 0 Å². The van der Waals surface area contributed by atoms with Gasteiger partial charge in [-0.15, -0.1) is 0 Å². The summed E-state index contributed by atoms with van der Waals surface area (Å²) >= 11 is 0. The Kier molecular flexibility index (Phi) is 5.70. The first-order valence-electron chi connectivity index (χ1n) is 9.82. The van der Waals surface area contributed by atoms with Gasteiger partial charge in [-0.25, -0.2) is 4.98 Å². The molecule has 0 aliphatic carbocycles. The summed E-state index contributed by atoms with van der Waals surface area (Å²) in [5, 5.41) is 0. The summed E-state index contributed by atoms with van der Waals surface area (Å²) in [6.45, 7) is 4.71. The predicted octanol–water partition coefficient (Wildman–Crippen LogP) is 3.47. The quantitative estimate of drug-likeness (QED) is 0.670. The smallest absolute Gasteiger partial charge is 0.227 e. The fourth-order valence-corrected chi connectivity index (χ4v) is 3.42. The number of anilines is 1. The SMILES string of the molecule is Cc1nc(Oc2ccccc2)cc(N2CCN(C(=O)Cc3ccccc3)CC2)n1. The fourth-order valence-electron chi connectivity index (χ4n) is 3.42. The van der Waals surface area contributed by atoms with Crippen LogP contribution in [0.2, 0.25) is 0 Å². The number of para-hydroxylation sites is 1. The number of hydrogen-bond acceptors (Lipinski definition) is 5. The molecule has 1 amide bonds. The molecule has 29 heavy (non-hydrogen) atoms. The van der Waals surface area contributed by atoms with Crippen molar-refractivity contribution in [1.29, 1.82) is 0 Å². The van der Waals surface area contributed by atoms with Crippen molar-refractivity contribution in [3.63, 3.8) is 0 Å². The molecule has 1 fully saturated rings. The van der Waals surface area contributed by atoms with Crippen LogP contribution in [-0.4, -0.2) is 47.0 Å². The molecule has 1 aliphatic rings. The Labute approximate surface area is 170 Å². The number of aromatic nitrogens is 2. The number of ether oxygens (including phenoxy) is 1. The molecule has 3 aromatic rings. The second kappa shape index (κ2) is 8.73. The molecule has 4 rings (SSSR count). The Morgan fingerprint density at radius 1 is 0.931 bits per heavy atom. The highest BCUT2D eigenvalue weighted by atomic mass is 16.5. The standard InChI is InChI=1S/C23H24N4O2/c1-18-24-21(17-22(25-18)29-20-10-6-3-7-11-20)26-12-14-27(15-13-26)23(28)16-19-8-4-2-5-9-19/h2-11,17H,12-16H2,1H3.